The van der Waals surface area contributed by atoms with Gasteiger partial charge < -0.3 is 33.8 Å². The van der Waals surface area contributed by atoms with Crippen molar-refractivity contribution in [2.45, 2.75) is 425 Å². The number of ether oxygens (including phenoxy) is 4. The highest BCUT2D eigenvalue weighted by Gasteiger charge is 2.30. The minimum atomic E-state index is -4.96. The van der Waals surface area contributed by atoms with Crippen molar-refractivity contribution in [1.29, 1.82) is 0 Å². The molecule has 0 amide bonds. The van der Waals surface area contributed by atoms with E-state index in [2.05, 4.69) is 58.9 Å². The van der Waals surface area contributed by atoms with Crippen LogP contribution in [0, 0.1) is 5.92 Å². The molecule has 0 aromatic heterocycles. The van der Waals surface area contributed by atoms with E-state index in [1.54, 1.807) is 0 Å². The molecular weight excluding hydrogens is 1310 g/mol. The van der Waals surface area contributed by atoms with Crippen LogP contribution in [0.25, 0.3) is 0 Å². The molecule has 590 valence electrons. The predicted octanol–water partition coefficient (Wildman–Crippen LogP) is 24.0. The maximum Gasteiger partial charge on any atom is 0.472 e. The van der Waals surface area contributed by atoms with Gasteiger partial charge in [0.1, 0.15) is 19.3 Å². The summed E-state index contributed by atoms with van der Waals surface area (Å²) in [6.45, 7) is 7.24. The van der Waals surface area contributed by atoms with E-state index in [0.717, 1.165) is 121 Å². The number of phosphoric acid groups is 2. The van der Waals surface area contributed by atoms with Crippen molar-refractivity contribution in [3.05, 3.63) is 24.3 Å². The molecule has 0 bridgehead atoms. The van der Waals surface area contributed by atoms with Crippen molar-refractivity contribution in [1.82, 2.24) is 0 Å². The first-order chi connectivity index (χ1) is 48.5. The molecule has 3 N–H and O–H groups in total. The first-order valence-electron chi connectivity index (χ1n) is 41.5. The fraction of sp³-hybridized carbons (Fsp3) is 0.901. The minimum Gasteiger partial charge on any atom is -0.462 e. The van der Waals surface area contributed by atoms with Gasteiger partial charge in [-0.3, -0.25) is 37.3 Å². The third-order valence-corrected chi connectivity index (χ3v) is 20.3. The fourth-order valence-corrected chi connectivity index (χ4v) is 13.6. The number of aliphatic hydroxyl groups excluding tert-OH is 1. The summed E-state index contributed by atoms with van der Waals surface area (Å²) in [5, 5.41) is 10.6. The summed E-state index contributed by atoms with van der Waals surface area (Å²) in [6, 6.07) is 0. The van der Waals surface area contributed by atoms with Crippen LogP contribution in [0.2, 0.25) is 0 Å². The molecule has 0 aromatic carbocycles. The summed E-state index contributed by atoms with van der Waals surface area (Å²) < 4.78 is 68.5. The van der Waals surface area contributed by atoms with Gasteiger partial charge in [-0.15, -0.1) is 0 Å². The summed E-state index contributed by atoms with van der Waals surface area (Å²) in [7, 11) is -9.93. The van der Waals surface area contributed by atoms with Crippen molar-refractivity contribution in [2.75, 3.05) is 39.6 Å². The molecule has 100 heavy (non-hydrogen) atoms. The van der Waals surface area contributed by atoms with Crippen molar-refractivity contribution in [2.24, 2.45) is 5.92 Å². The van der Waals surface area contributed by atoms with Crippen LogP contribution in [-0.2, 0) is 65.4 Å². The maximum atomic E-state index is 13.1. The Labute approximate surface area is 612 Å². The Morgan fingerprint density at radius 1 is 0.310 bits per heavy atom. The van der Waals surface area contributed by atoms with Crippen LogP contribution in [-0.4, -0.2) is 96.7 Å². The smallest absolute Gasteiger partial charge is 0.462 e. The second kappa shape index (κ2) is 73.4. The number of hydrogen-bond donors (Lipinski definition) is 3. The zero-order valence-electron chi connectivity index (χ0n) is 64.8. The van der Waals surface area contributed by atoms with E-state index in [0.29, 0.717) is 25.7 Å². The molecule has 0 aromatic rings. The lowest BCUT2D eigenvalue weighted by molar-refractivity contribution is -0.161. The Kier molecular flexibility index (Phi) is 71.6. The number of hydrogen-bond acceptors (Lipinski definition) is 15. The van der Waals surface area contributed by atoms with Crippen molar-refractivity contribution in [3.63, 3.8) is 0 Å². The largest absolute Gasteiger partial charge is 0.472 e. The number of phosphoric ester groups is 2. The van der Waals surface area contributed by atoms with Gasteiger partial charge in [0.05, 0.1) is 26.4 Å². The summed E-state index contributed by atoms with van der Waals surface area (Å²) >= 11 is 0. The Morgan fingerprint density at radius 2 is 0.540 bits per heavy atom. The standard InChI is InChI=1S/C81H154O17P2/c1-6-9-12-15-18-20-22-24-26-27-28-29-30-34-39-43-47-52-57-62-67-81(86)98-77(71-92-79(84)65-60-55-50-45-41-37-35-31-33-36-40-44-49-53-58-63-74(4)5)73-96-100(89,90)94-69-75(82)68-93-99(87,88)95-72-76(70-91-78(83)64-59-54-48-17-14-11-8-3)97-80(85)66-61-56-51-46-42-38-32-25-23-21-19-16-13-10-7-2/h21,23,25,32,74-77,82H,6-20,22,24,26-31,33-73H2,1-5H3,(H,87,88)(H,89,90)/b23-21-,32-25-/t75-,76+,77+/m0/s1. The van der Waals surface area contributed by atoms with Gasteiger partial charge in [-0.2, -0.15) is 0 Å². The van der Waals surface area contributed by atoms with Crippen LogP contribution >= 0.6 is 15.6 Å². The number of unbranched alkanes of at least 4 members (excludes halogenated alkanes) is 48. The maximum absolute atomic E-state index is 13.1. The monoisotopic (exact) mass is 1460 g/mol. The molecule has 0 saturated heterocycles. The molecule has 0 aliphatic carbocycles. The average Bonchev–Trinajstić information content (AvgIpc) is 0.924. The predicted molar refractivity (Wildman–Crippen MR) is 409 cm³/mol. The van der Waals surface area contributed by atoms with Crippen LogP contribution < -0.4 is 0 Å². The SMILES string of the molecule is CCCCCC/C=C\C=C/CCCCCCCC(=O)O[C@H](COC(=O)CCCCCCCCC)COP(=O)(O)OC[C@H](O)COP(=O)(O)OC[C@@H](COC(=O)CCCCCCCCCCCCCCCCCC(C)C)OC(=O)CCCCCCCCCCCCCCCCCCCCCC. The number of carbonyl (C=O) groups is 4. The molecule has 0 heterocycles. The molecule has 19 heteroatoms. The summed E-state index contributed by atoms with van der Waals surface area (Å²) in [4.78, 5) is 72.8. The second-order valence-electron chi connectivity index (χ2n) is 29.0. The fourth-order valence-electron chi connectivity index (χ4n) is 12.0. The lowest BCUT2D eigenvalue weighted by Crippen LogP contribution is -2.30. The van der Waals surface area contributed by atoms with Gasteiger partial charge in [0.15, 0.2) is 12.2 Å². The highest BCUT2D eigenvalue weighted by molar-refractivity contribution is 7.47. The van der Waals surface area contributed by atoms with Gasteiger partial charge in [-0.1, -0.05) is 354 Å². The number of aliphatic hydroxyl groups is 1. The quantitative estimate of drug-likeness (QED) is 0.0169. The number of allylic oxidation sites excluding steroid dienone is 4. The lowest BCUT2D eigenvalue weighted by Gasteiger charge is -2.21. The molecule has 5 atom stereocenters. The van der Waals surface area contributed by atoms with E-state index in [1.807, 2.05) is 0 Å². The Bertz CT molecular complexity index is 2000. The molecule has 0 saturated carbocycles. The topological polar surface area (TPSA) is 237 Å². The zero-order chi connectivity index (χ0) is 73.4. The third kappa shape index (κ3) is 73.8. The van der Waals surface area contributed by atoms with Crippen LogP contribution in [0.3, 0.4) is 0 Å². The molecule has 0 radical (unpaired) electrons. The van der Waals surface area contributed by atoms with E-state index >= 15 is 0 Å². The Balaban J connectivity index is 5.21. The van der Waals surface area contributed by atoms with Crippen molar-refractivity contribution >= 4 is 39.5 Å². The van der Waals surface area contributed by atoms with E-state index < -0.39 is 97.5 Å². The summed E-state index contributed by atoms with van der Waals surface area (Å²) in [5.74, 6) is -1.34. The van der Waals surface area contributed by atoms with Crippen molar-refractivity contribution < 1.29 is 80.2 Å². The Hall–Kier alpha value is -2.46. The van der Waals surface area contributed by atoms with Gasteiger partial charge in [0, 0.05) is 25.7 Å². The second-order valence-corrected chi connectivity index (χ2v) is 31.9. The van der Waals surface area contributed by atoms with Gasteiger partial charge >= 0.3 is 39.5 Å². The molecular formula is C81H154O17P2. The Morgan fingerprint density at radius 3 is 0.820 bits per heavy atom. The van der Waals surface area contributed by atoms with Crippen molar-refractivity contribution in [3.8, 4) is 0 Å². The third-order valence-electron chi connectivity index (χ3n) is 18.4. The molecule has 0 aliphatic heterocycles. The molecule has 0 aliphatic rings. The average molecular weight is 1460 g/mol. The normalized spacial score (nSPS) is 14.0. The van der Waals surface area contributed by atoms with Gasteiger partial charge in [-0.25, -0.2) is 9.13 Å². The molecule has 17 nitrogen and oxygen atoms in total. The summed E-state index contributed by atoms with van der Waals surface area (Å²) in [5.41, 5.74) is 0. The van der Waals surface area contributed by atoms with Crippen LogP contribution in [0.1, 0.15) is 407 Å². The van der Waals surface area contributed by atoms with Gasteiger partial charge in [-0.05, 0) is 57.3 Å². The lowest BCUT2D eigenvalue weighted by atomic mass is 10.0. The molecule has 0 rings (SSSR count). The van der Waals surface area contributed by atoms with Crippen LogP contribution in [0.4, 0.5) is 0 Å². The zero-order valence-corrected chi connectivity index (χ0v) is 66.6. The van der Waals surface area contributed by atoms with Crippen LogP contribution in [0.15, 0.2) is 24.3 Å². The first-order valence-corrected chi connectivity index (χ1v) is 44.4. The highest BCUT2D eigenvalue weighted by Crippen LogP contribution is 2.45. The molecule has 0 fully saturated rings. The van der Waals surface area contributed by atoms with Gasteiger partial charge in [0.25, 0.3) is 0 Å². The van der Waals surface area contributed by atoms with E-state index in [-0.39, 0.29) is 25.7 Å². The number of rotatable bonds is 79. The summed E-state index contributed by atoms with van der Waals surface area (Å²) in [6.07, 6.45) is 67.6. The number of carbonyl (C=O) groups excluding carboxylic acids is 4. The minimum absolute atomic E-state index is 0.0850. The van der Waals surface area contributed by atoms with E-state index in [9.17, 15) is 43.2 Å². The number of esters is 4. The van der Waals surface area contributed by atoms with E-state index in [4.69, 9.17) is 37.0 Å². The van der Waals surface area contributed by atoms with Crippen LogP contribution in [0.5, 0.6) is 0 Å². The molecule has 2 unspecified atom stereocenters. The molecule has 0 spiro atoms. The highest BCUT2D eigenvalue weighted by atomic mass is 31.2. The first kappa shape index (κ1) is 97.5. The van der Waals surface area contributed by atoms with E-state index in [1.165, 1.54) is 205 Å². The van der Waals surface area contributed by atoms with Gasteiger partial charge in [0.2, 0.25) is 0 Å².